The second-order valence-corrected chi connectivity index (χ2v) is 15.0. The van der Waals surface area contributed by atoms with E-state index < -0.39 is 0 Å². The summed E-state index contributed by atoms with van der Waals surface area (Å²) in [6, 6.07) is 59.6. The number of thiophene rings is 1. The maximum Gasteiger partial charge on any atom is 0.165 e. The molecular formula is C49H28N4OS. The Morgan fingerprint density at radius 3 is 2.02 bits per heavy atom. The zero-order chi connectivity index (χ0) is 36.0. The molecule has 55 heavy (non-hydrogen) atoms. The molecule has 0 unspecified atom stereocenters. The van der Waals surface area contributed by atoms with Gasteiger partial charge in [0.1, 0.15) is 11.2 Å². The van der Waals surface area contributed by atoms with Crippen molar-refractivity contribution in [1.82, 2.24) is 19.5 Å². The normalized spacial score (nSPS) is 12.0. The largest absolute Gasteiger partial charge is 0.456 e. The van der Waals surface area contributed by atoms with Crippen LogP contribution in [0.3, 0.4) is 0 Å². The lowest BCUT2D eigenvalue weighted by Gasteiger charge is -2.10. The molecule has 0 aliphatic heterocycles. The highest BCUT2D eigenvalue weighted by atomic mass is 32.1. The summed E-state index contributed by atoms with van der Waals surface area (Å²) in [5.41, 5.74) is 7.78. The Bertz CT molecular complexity index is 3500. The summed E-state index contributed by atoms with van der Waals surface area (Å²) in [6.45, 7) is 0. The van der Waals surface area contributed by atoms with Gasteiger partial charge in [-0.3, -0.25) is 0 Å². The molecule has 0 saturated heterocycles. The first-order chi connectivity index (χ1) is 27.2. The zero-order valence-electron chi connectivity index (χ0n) is 29.3. The van der Waals surface area contributed by atoms with Crippen molar-refractivity contribution < 1.29 is 4.42 Å². The minimum atomic E-state index is 0.605. The molecule has 5 nitrogen and oxygen atoms in total. The van der Waals surface area contributed by atoms with E-state index in [4.69, 9.17) is 19.4 Å². The first-order valence-corrected chi connectivity index (χ1v) is 19.2. The van der Waals surface area contributed by atoms with Gasteiger partial charge >= 0.3 is 0 Å². The van der Waals surface area contributed by atoms with E-state index in [1.807, 2.05) is 30.3 Å². The predicted molar refractivity (Wildman–Crippen MR) is 228 cm³/mol. The summed E-state index contributed by atoms with van der Waals surface area (Å²) in [5, 5.41) is 9.33. The topological polar surface area (TPSA) is 56.7 Å². The molecule has 12 rings (SSSR count). The van der Waals surface area contributed by atoms with E-state index in [-0.39, 0.29) is 0 Å². The van der Waals surface area contributed by atoms with Gasteiger partial charge in [0, 0.05) is 70.2 Å². The minimum Gasteiger partial charge on any atom is -0.456 e. The molecule has 4 heterocycles. The number of fused-ring (bicyclic) bond motifs is 10. The lowest BCUT2D eigenvalue weighted by molar-refractivity contribution is 0.668. The molecule has 0 aliphatic rings. The van der Waals surface area contributed by atoms with E-state index in [0.717, 1.165) is 60.0 Å². The molecule has 0 aliphatic carbocycles. The summed E-state index contributed by atoms with van der Waals surface area (Å²) in [5.74, 6) is 1.88. The van der Waals surface area contributed by atoms with Crippen LogP contribution in [0.1, 0.15) is 0 Å². The van der Waals surface area contributed by atoms with Crippen LogP contribution in [-0.4, -0.2) is 19.5 Å². The number of nitrogens with zero attached hydrogens (tertiary/aromatic N) is 4. The first-order valence-electron chi connectivity index (χ1n) is 18.4. The number of furan rings is 1. The van der Waals surface area contributed by atoms with Gasteiger partial charge in [-0.2, -0.15) is 0 Å². The number of benzene rings is 8. The summed E-state index contributed by atoms with van der Waals surface area (Å²) in [4.78, 5) is 15.5. The van der Waals surface area contributed by atoms with E-state index in [0.29, 0.717) is 17.5 Å². The minimum absolute atomic E-state index is 0.605. The fraction of sp³-hybridized carbons (Fsp3) is 0. The summed E-state index contributed by atoms with van der Waals surface area (Å²) in [7, 11) is 0. The maximum absolute atomic E-state index is 6.69. The quantitative estimate of drug-likeness (QED) is 0.182. The molecule has 6 heteroatoms. The number of hydrogen-bond donors (Lipinski definition) is 0. The van der Waals surface area contributed by atoms with Gasteiger partial charge in [0.2, 0.25) is 0 Å². The highest BCUT2D eigenvalue weighted by Gasteiger charge is 2.21. The Morgan fingerprint density at radius 1 is 0.436 bits per heavy atom. The Labute approximate surface area is 318 Å². The van der Waals surface area contributed by atoms with Crippen molar-refractivity contribution in [3.05, 3.63) is 170 Å². The second kappa shape index (κ2) is 11.7. The highest BCUT2D eigenvalue weighted by molar-refractivity contribution is 7.26. The Morgan fingerprint density at radius 2 is 1.13 bits per heavy atom. The van der Waals surface area contributed by atoms with E-state index >= 15 is 0 Å². The van der Waals surface area contributed by atoms with Crippen molar-refractivity contribution in [2.45, 2.75) is 0 Å². The Kier molecular flexibility index (Phi) is 6.44. The Balaban J connectivity index is 1.07. The first kappa shape index (κ1) is 30.3. The standard InChI is InChI=1S/C49H28N4OS/c1-2-12-29(13-3-1)47-50-48(52-49(51-47)38-20-10-18-35-34-17-7-9-23-44(34)55-46(35)38)37-19-11-22-42-45(37)36-25-24-32(28-43(36)54-42)53-40-21-8-6-16-33(40)39-26-30-14-4-5-15-31(30)27-41(39)53/h1-28H. The lowest BCUT2D eigenvalue weighted by Crippen LogP contribution is -2.00. The van der Waals surface area contributed by atoms with Crippen molar-refractivity contribution in [2.75, 3.05) is 0 Å². The molecule has 0 bridgehead atoms. The van der Waals surface area contributed by atoms with Gasteiger partial charge in [0.25, 0.3) is 0 Å². The Hall–Kier alpha value is -7.15. The molecule has 12 aromatic rings. The molecule has 0 amide bonds. The van der Waals surface area contributed by atoms with E-state index in [2.05, 4.69) is 144 Å². The van der Waals surface area contributed by atoms with Gasteiger partial charge in [-0.05, 0) is 59.3 Å². The van der Waals surface area contributed by atoms with Crippen LogP contribution in [0.4, 0.5) is 0 Å². The fourth-order valence-electron chi connectivity index (χ4n) is 8.33. The molecule has 0 fully saturated rings. The van der Waals surface area contributed by atoms with Crippen molar-refractivity contribution in [3.63, 3.8) is 0 Å². The summed E-state index contributed by atoms with van der Waals surface area (Å²) >= 11 is 1.78. The van der Waals surface area contributed by atoms with Crippen molar-refractivity contribution in [1.29, 1.82) is 0 Å². The second-order valence-electron chi connectivity index (χ2n) is 14.0. The van der Waals surface area contributed by atoms with E-state index in [9.17, 15) is 0 Å². The van der Waals surface area contributed by atoms with Crippen molar-refractivity contribution >= 4 is 86.0 Å². The molecule has 0 N–H and O–H groups in total. The number of rotatable bonds is 4. The number of aromatic nitrogens is 4. The summed E-state index contributed by atoms with van der Waals surface area (Å²) in [6.07, 6.45) is 0. The van der Waals surface area contributed by atoms with Crippen LogP contribution in [-0.2, 0) is 0 Å². The van der Waals surface area contributed by atoms with Gasteiger partial charge in [-0.25, -0.2) is 15.0 Å². The van der Waals surface area contributed by atoms with E-state index in [1.165, 1.54) is 37.0 Å². The smallest absolute Gasteiger partial charge is 0.165 e. The monoisotopic (exact) mass is 720 g/mol. The SMILES string of the molecule is c1ccc(-c2nc(-c3cccc4c3sc3ccccc34)nc(-c3cccc4oc5cc(-n6c7ccccc7c7cc8ccccc8cc76)ccc5c34)n2)cc1. The third-order valence-corrected chi connectivity index (χ3v) is 12.1. The molecular weight excluding hydrogens is 693 g/mol. The van der Waals surface area contributed by atoms with Crippen molar-refractivity contribution in [3.8, 4) is 39.9 Å². The van der Waals surface area contributed by atoms with Crippen LogP contribution in [0.25, 0.3) is 115 Å². The van der Waals surface area contributed by atoms with Crippen LogP contribution in [0.2, 0.25) is 0 Å². The van der Waals surface area contributed by atoms with Crippen LogP contribution >= 0.6 is 11.3 Å². The third kappa shape index (κ3) is 4.62. The molecule has 256 valence electrons. The molecule has 0 radical (unpaired) electrons. The average Bonchev–Trinajstić information content (AvgIpc) is 3.92. The molecule has 0 atom stereocenters. The average molecular weight is 721 g/mol. The van der Waals surface area contributed by atoms with Gasteiger partial charge in [0.15, 0.2) is 17.5 Å². The van der Waals surface area contributed by atoms with Gasteiger partial charge in [0.05, 0.1) is 11.0 Å². The molecule has 0 saturated carbocycles. The van der Waals surface area contributed by atoms with Crippen LogP contribution in [0.15, 0.2) is 174 Å². The lowest BCUT2D eigenvalue weighted by atomic mass is 10.0. The fourth-order valence-corrected chi connectivity index (χ4v) is 9.54. The maximum atomic E-state index is 6.69. The van der Waals surface area contributed by atoms with Gasteiger partial charge in [-0.1, -0.05) is 115 Å². The zero-order valence-corrected chi connectivity index (χ0v) is 30.1. The van der Waals surface area contributed by atoms with Crippen molar-refractivity contribution in [2.24, 2.45) is 0 Å². The predicted octanol–water partition coefficient (Wildman–Crippen LogP) is 13.4. The third-order valence-electron chi connectivity index (χ3n) is 10.8. The van der Waals surface area contributed by atoms with Gasteiger partial charge in [-0.15, -0.1) is 11.3 Å². The summed E-state index contributed by atoms with van der Waals surface area (Å²) < 4.78 is 11.4. The molecule has 0 spiro atoms. The van der Waals surface area contributed by atoms with Crippen LogP contribution < -0.4 is 0 Å². The number of para-hydroxylation sites is 1. The number of hydrogen-bond acceptors (Lipinski definition) is 5. The van der Waals surface area contributed by atoms with E-state index in [1.54, 1.807) is 11.3 Å². The molecule has 8 aromatic carbocycles. The molecule has 4 aromatic heterocycles. The highest BCUT2D eigenvalue weighted by Crippen LogP contribution is 2.42. The van der Waals surface area contributed by atoms with Gasteiger partial charge < -0.3 is 8.98 Å². The van der Waals surface area contributed by atoms with Crippen LogP contribution in [0, 0.1) is 0 Å². The van der Waals surface area contributed by atoms with Crippen LogP contribution in [0.5, 0.6) is 0 Å².